The number of hydrogen-bond acceptors (Lipinski definition) is 4. The fourth-order valence-corrected chi connectivity index (χ4v) is 1.57. The predicted molar refractivity (Wildman–Crippen MR) is 59.2 cm³/mol. The number of hydrogen-bond donors (Lipinski definition) is 2. The molecule has 1 rings (SSSR count). The van der Waals surface area contributed by atoms with Crippen molar-refractivity contribution in [2.24, 2.45) is 0 Å². The van der Waals surface area contributed by atoms with Gasteiger partial charge >= 0.3 is 5.97 Å². The van der Waals surface area contributed by atoms with E-state index in [0.717, 1.165) is 4.88 Å². The number of carbonyl (C=O) groups is 2. The lowest BCUT2D eigenvalue weighted by Crippen LogP contribution is -2.30. The van der Waals surface area contributed by atoms with Gasteiger partial charge in [0.25, 0.3) is 0 Å². The molecule has 0 aliphatic carbocycles. The van der Waals surface area contributed by atoms with Gasteiger partial charge in [0.15, 0.2) is 6.10 Å². The Morgan fingerprint density at radius 1 is 1.62 bits per heavy atom. The van der Waals surface area contributed by atoms with Crippen LogP contribution in [0.4, 0.5) is 0 Å². The maximum absolute atomic E-state index is 11.2. The summed E-state index contributed by atoms with van der Waals surface area (Å²) in [5.41, 5.74) is 0. The van der Waals surface area contributed by atoms with Crippen LogP contribution in [0.3, 0.4) is 0 Å². The van der Waals surface area contributed by atoms with E-state index in [1.54, 1.807) is 11.3 Å². The molecule has 0 aliphatic heterocycles. The van der Waals surface area contributed by atoms with Crippen molar-refractivity contribution in [3.8, 4) is 0 Å². The highest BCUT2D eigenvalue weighted by molar-refractivity contribution is 7.09. The molecule has 1 atom stereocenters. The average molecular weight is 243 g/mol. The van der Waals surface area contributed by atoms with Crippen molar-refractivity contribution in [1.29, 1.82) is 0 Å². The van der Waals surface area contributed by atoms with Crippen molar-refractivity contribution >= 4 is 23.2 Å². The van der Waals surface area contributed by atoms with Crippen LogP contribution in [0.15, 0.2) is 17.5 Å². The Morgan fingerprint density at radius 3 is 2.94 bits per heavy atom. The number of amides is 1. The molecule has 5 nitrogen and oxygen atoms in total. The van der Waals surface area contributed by atoms with Gasteiger partial charge in [-0.25, -0.2) is 4.79 Å². The second-order valence-electron chi connectivity index (χ2n) is 3.15. The summed E-state index contributed by atoms with van der Waals surface area (Å²) in [6, 6.07) is 3.81. The van der Waals surface area contributed by atoms with Crippen molar-refractivity contribution in [3.63, 3.8) is 0 Å². The van der Waals surface area contributed by atoms with E-state index >= 15 is 0 Å². The number of thiophene rings is 1. The number of carboxylic acid groups (broad SMARTS) is 1. The Kier molecular flexibility index (Phi) is 4.94. The highest BCUT2D eigenvalue weighted by Crippen LogP contribution is 2.07. The zero-order chi connectivity index (χ0) is 12.0. The van der Waals surface area contributed by atoms with E-state index in [9.17, 15) is 9.59 Å². The summed E-state index contributed by atoms with van der Waals surface area (Å²) in [5.74, 6) is -1.40. The van der Waals surface area contributed by atoms with Crippen LogP contribution in [0.1, 0.15) is 11.8 Å². The molecule has 1 aromatic rings. The first kappa shape index (κ1) is 12.7. The van der Waals surface area contributed by atoms with E-state index in [1.807, 2.05) is 17.5 Å². The summed E-state index contributed by atoms with van der Waals surface area (Å²) in [4.78, 5) is 22.7. The largest absolute Gasteiger partial charge is 0.479 e. The molecule has 0 saturated heterocycles. The highest BCUT2D eigenvalue weighted by Gasteiger charge is 2.12. The van der Waals surface area contributed by atoms with Gasteiger partial charge in [-0.05, 0) is 18.4 Å². The first-order valence-electron chi connectivity index (χ1n) is 4.73. The summed E-state index contributed by atoms with van der Waals surface area (Å²) >= 11 is 1.54. The molecule has 0 bridgehead atoms. The van der Waals surface area contributed by atoms with Crippen LogP contribution >= 0.6 is 11.3 Å². The molecule has 0 aliphatic rings. The second kappa shape index (κ2) is 6.24. The van der Waals surface area contributed by atoms with Gasteiger partial charge in [-0.1, -0.05) is 6.07 Å². The fraction of sp³-hybridized carbons (Fsp3) is 0.400. The molecule has 1 aromatic heterocycles. The molecule has 16 heavy (non-hydrogen) atoms. The first-order chi connectivity index (χ1) is 7.59. The zero-order valence-corrected chi connectivity index (χ0v) is 9.62. The fourth-order valence-electron chi connectivity index (χ4n) is 0.922. The van der Waals surface area contributed by atoms with E-state index in [2.05, 4.69) is 5.32 Å². The molecule has 2 N–H and O–H groups in total. The second-order valence-corrected chi connectivity index (χ2v) is 4.18. The SMILES string of the molecule is CC(OCC(=O)NCc1cccs1)C(=O)O. The van der Waals surface area contributed by atoms with Crippen LogP contribution in [-0.4, -0.2) is 29.7 Å². The Morgan fingerprint density at radius 2 is 2.38 bits per heavy atom. The molecule has 6 heteroatoms. The Balaban J connectivity index is 2.19. The summed E-state index contributed by atoms with van der Waals surface area (Å²) in [6.07, 6.45) is -0.965. The van der Waals surface area contributed by atoms with Crippen LogP contribution in [0.25, 0.3) is 0 Å². The summed E-state index contributed by atoms with van der Waals surface area (Å²) in [5, 5.41) is 13.1. The van der Waals surface area contributed by atoms with Gasteiger partial charge in [-0.15, -0.1) is 11.3 Å². The van der Waals surface area contributed by atoms with Gasteiger partial charge in [0, 0.05) is 4.88 Å². The van der Waals surface area contributed by atoms with Gasteiger partial charge in [-0.2, -0.15) is 0 Å². The number of aliphatic carboxylic acids is 1. The number of nitrogens with one attached hydrogen (secondary N) is 1. The van der Waals surface area contributed by atoms with Gasteiger partial charge in [0.05, 0.1) is 6.54 Å². The first-order valence-corrected chi connectivity index (χ1v) is 5.61. The number of carboxylic acids is 1. The average Bonchev–Trinajstić information content (AvgIpc) is 2.75. The van der Waals surface area contributed by atoms with E-state index < -0.39 is 12.1 Å². The van der Waals surface area contributed by atoms with Gasteiger partial charge in [-0.3, -0.25) is 4.79 Å². The number of ether oxygens (including phenoxy) is 1. The summed E-state index contributed by atoms with van der Waals surface area (Å²) < 4.78 is 4.83. The molecule has 0 radical (unpaired) electrons. The molecule has 88 valence electrons. The topological polar surface area (TPSA) is 75.6 Å². The van der Waals surface area contributed by atoms with Crippen molar-refractivity contribution in [2.75, 3.05) is 6.61 Å². The lowest BCUT2D eigenvalue weighted by Gasteiger charge is -2.08. The molecule has 0 spiro atoms. The van der Waals surface area contributed by atoms with E-state index in [4.69, 9.17) is 9.84 Å². The Hall–Kier alpha value is -1.40. The zero-order valence-electron chi connectivity index (χ0n) is 8.80. The van der Waals surface area contributed by atoms with Crippen LogP contribution in [0, 0.1) is 0 Å². The summed E-state index contributed by atoms with van der Waals surface area (Å²) in [7, 11) is 0. The molecule has 0 aromatic carbocycles. The minimum atomic E-state index is -1.08. The molecule has 0 fully saturated rings. The normalized spacial score (nSPS) is 12.1. The van der Waals surface area contributed by atoms with Crippen molar-refractivity contribution in [2.45, 2.75) is 19.6 Å². The molecule has 1 unspecified atom stereocenters. The van der Waals surface area contributed by atoms with Crippen molar-refractivity contribution in [3.05, 3.63) is 22.4 Å². The molecular formula is C10H13NO4S. The van der Waals surface area contributed by atoms with Crippen LogP contribution in [-0.2, 0) is 20.9 Å². The van der Waals surface area contributed by atoms with Gasteiger partial charge < -0.3 is 15.2 Å². The standard InChI is InChI=1S/C10H13NO4S/c1-7(10(13)14)15-6-9(12)11-5-8-3-2-4-16-8/h2-4,7H,5-6H2,1H3,(H,11,12)(H,13,14). The molecule has 1 amide bonds. The predicted octanol–water partition coefficient (Wildman–Crippen LogP) is 0.854. The molecular weight excluding hydrogens is 230 g/mol. The van der Waals surface area contributed by atoms with Crippen LogP contribution < -0.4 is 5.32 Å². The lowest BCUT2D eigenvalue weighted by molar-refractivity contribution is -0.150. The third-order valence-corrected chi connectivity index (χ3v) is 2.73. The Bertz CT molecular complexity index is 350. The minimum absolute atomic E-state index is 0.237. The van der Waals surface area contributed by atoms with Crippen LogP contribution in [0.2, 0.25) is 0 Å². The lowest BCUT2D eigenvalue weighted by atomic mass is 10.4. The molecule has 1 heterocycles. The smallest absolute Gasteiger partial charge is 0.332 e. The van der Waals surface area contributed by atoms with Crippen molar-refractivity contribution < 1.29 is 19.4 Å². The van der Waals surface area contributed by atoms with Crippen molar-refractivity contribution in [1.82, 2.24) is 5.32 Å². The van der Waals surface area contributed by atoms with E-state index in [-0.39, 0.29) is 12.5 Å². The quantitative estimate of drug-likeness (QED) is 0.776. The van der Waals surface area contributed by atoms with E-state index in [1.165, 1.54) is 6.92 Å². The van der Waals surface area contributed by atoms with Gasteiger partial charge in [0.2, 0.25) is 5.91 Å². The Labute approximate surface area is 97.0 Å². The van der Waals surface area contributed by atoms with Gasteiger partial charge in [0.1, 0.15) is 6.61 Å². The van der Waals surface area contributed by atoms with E-state index in [0.29, 0.717) is 6.54 Å². The highest BCUT2D eigenvalue weighted by atomic mass is 32.1. The third-order valence-electron chi connectivity index (χ3n) is 1.85. The third kappa shape index (κ3) is 4.41. The number of carbonyl (C=O) groups excluding carboxylic acids is 1. The minimum Gasteiger partial charge on any atom is -0.479 e. The summed E-state index contributed by atoms with van der Waals surface area (Å²) in [6.45, 7) is 1.59. The monoisotopic (exact) mass is 243 g/mol. The number of rotatable bonds is 6. The maximum Gasteiger partial charge on any atom is 0.332 e. The maximum atomic E-state index is 11.2. The molecule has 0 saturated carbocycles. The van der Waals surface area contributed by atoms with Crippen LogP contribution in [0.5, 0.6) is 0 Å².